The summed E-state index contributed by atoms with van der Waals surface area (Å²) < 4.78 is 24.5. The molecule has 4 nitrogen and oxygen atoms in total. The van der Waals surface area contributed by atoms with E-state index in [0.29, 0.717) is 29.5 Å². The van der Waals surface area contributed by atoms with E-state index in [4.69, 9.17) is 9.15 Å². The first-order valence-electron chi connectivity index (χ1n) is 6.43. The summed E-state index contributed by atoms with van der Waals surface area (Å²) in [5.74, 6) is 1.03. The SMILES string of the molecule is COc1ccc(-c2cnc(CNC(C)(C)C)o2)c(F)c1. The normalized spacial score (nSPS) is 11.7. The first kappa shape index (κ1) is 14.5. The first-order valence-corrected chi connectivity index (χ1v) is 6.43. The number of nitrogens with zero attached hydrogens (tertiary/aromatic N) is 1. The predicted molar refractivity (Wildman–Crippen MR) is 75.0 cm³/mol. The number of hydrogen-bond acceptors (Lipinski definition) is 4. The molecule has 0 unspecified atom stereocenters. The molecule has 0 aliphatic carbocycles. The van der Waals surface area contributed by atoms with E-state index in [9.17, 15) is 4.39 Å². The van der Waals surface area contributed by atoms with E-state index < -0.39 is 5.82 Å². The van der Waals surface area contributed by atoms with E-state index in [0.717, 1.165) is 0 Å². The lowest BCUT2D eigenvalue weighted by atomic mass is 10.1. The van der Waals surface area contributed by atoms with Crippen molar-refractivity contribution < 1.29 is 13.5 Å². The number of nitrogens with one attached hydrogen (secondary N) is 1. The molecule has 0 radical (unpaired) electrons. The zero-order valence-electron chi connectivity index (χ0n) is 12.2. The highest BCUT2D eigenvalue weighted by Gasteiger charge is 2.14. The summed E-state index contributed by atoms with van der Waals surface area (Å²) in [5.41, 5.74) is 0.348. The molecular weight excluding hydrogens is 259 g/mol. The van der Waals surface area contributed by atoms with Crippen molar-refractivity contribution in [3.05, 3.63) is 36.1 Å². The number of ether oxygens (including phenoxy) is 1. The quantitative estimate of drug-likeness (QED) is 0.931. The maximum atomic E-state index is 13.9. The van der Waals surface area contributed by atoms with Crippen LogP contribution < -0.4 is 10.1 Å². The molecule has 0 saturated carbocycles. The molecule has 0 aliphatic heterocycles. The Morgan fingerprint density at radius 3 is 2.70 bits per heavy atom. The highest BCUT2D eigenvalue weighted by Crippen LogP contribution is 2.26. The van der Waals surface area contributed by atoms with E-state index >= 15 is 0 Å². The standard InChI is InChI=1S/C15H19FN2O2/c1-15(2,3)18-9-14-17-8-13(20-14)11-6-5-10(19-4)7-12(11)16/h5-8,18H,9H2,1-4H3. The van der Waals surface area contributed by atoms with Crippen LogP contribution in [0.3, 0.4) is 0 Å². The third-order valence-electron chi connectivity index (χ3n) is 2.77. The average Bonchev–Trinajstić information content (AvgIpc) is 2.84. The molecule has 1 N–H and O–H groups in total. The molecule has 0 aliphatic rings. The van der Waals surface area contributed by atoms with Crippen LogP contribution in [0.15, 0.2) is 28.8 Å². The average molecular weight is 278 g/mol. The number of methoxy groups -OCH3 is 1. The third kappa shape index (κ3) is 3.57. The summed E-state index contributed by atoms with van der Waals surface area (Å²) in [5, 5.41) is 3.27. The Labute approximate surface area is 118 Å². The van der Waals surface area contributed by atoms with Gasteiger partial charge in [-0.2, -0.15) is 0 Å². The van der Waals surface area contributed by atoms with Gasteiger partial charge in [-0.25, -0.2) is 9.37 Å². The fourth-order valence-electron chi connectivity index (χ4n) is 1.68. The Hall–Kier alpha value is -1.88. The second kappa shape index (κ2) is 5.63. The van der Waals surface area contributed by atoms with E-state index in [1.54, 1.807) is 12.1 Å². The van der Waals surface area contributed by atoms with Crippen molar-refractivity contribution in [2.75, 3.05) is 7.11 Å². The molecule has 1 aromatic carbocycles. The van der Waals surface area contributed by atoms with Crippen molar-refractivity contribution in [1.29, 1.82) is 0 Å². The van der Waals surface area contributed by atoms with Crippen molar-refractivity contribution in [3.63, 3.8) is 0 Å². The molecule has 5 heteroatoms. The van der Waals surface area contributed by atoms with Gasteiger partial charge in [-0.05, 0) is 32.9 Å². The lowest BCUT2D eigenvalue weighted by Crippen LogP contribution is -2.35. The molecule has 2 aromatic rings. The summed E-state index contributed by atoms with van der Waals surface area (Å²) in [4.78, 5) is 4.15. The van der Waals surface area contributed by atoms with Gasteiger partial charge < -0.3 is 14.5 Å². The van der Waals surface area contributed by atoms with Crippen molar-refractivity contribution in [2.45, 2.75) is 32.9 Å². The van der Waals surface area contributed by atoms with Crippen LogP contribution in [0.5, 0.6) is 5.75 Å². The lowest BCUT2D eigenvalue weighted by molar-refractivity contribution is 0.383. The highest BCUT2D eigenvalue weighted by atomic mass is 19.1. The first-order chi connectivity index (χ1) is 9.39. The topological polar surface area (TPSA) is 47.3 Å². The van der Waals surface area contributed by atoms with Gasteiger partial charge >= 0.3 is 0 Å². The Morgan fingerprint density at radius 1 is 1.35 bits per heavy atom. The van der Waals surface area contributed by atoms with Crippen LogP contribution in [0.25, 0.3) is 11.3 Å². The van der Waals surface area contributed by atoms with E-state index in [1.807, 2.05) is 0 Å². The van der Waals surface area contributed by atoms with Gasteiger partial charge in [-0.3, -0.25) is 0 Å². The highest BCUT2D eigenvalue weighted by molar-refractivity contribution is 5.58. The molecule has 0 atom stereocenters. The summed E-state index contributed by atoms with van der Waals surface area (Å²) in [6.07, 6.45) is 1.53. The molecule has 0 amide bonds. The van der Waals surface area contributed by atoms with Gasteiger partial charge in [0.05, 0.1) is 25.4 Å². The zero-order chi connectivity index (χ0) is 14.8. The van der Waals surface area contributed by atoms with Gasteiger partial charge in [0.1, 0.15) is 11.6 Å². The fraction of sp³-hybridized carbons (Fsp3) is 0.400. The number of benzene rings is 1. The molecule has 2 rings (SSSR count). The molecule has 20 heavy (non-hydrogen) atoms. The summed E-state index contributed by atoms with van der Waals surface area (Å²) in [6, 6.07) is 4.63. The Kier molecular flexibility index (Phi) is 4.09. The summed E-state index contributed by atoms with van der Waals surface area (Å²) in [7, 11) is 1.50. The van der Waals surface area contributed by atoms with E-state index in [1.165, 1.54) is 19.4 Å². The summed E-state index contributed by atoms with van der Waals surface area (Å²) in [6.45, 7) is 6.67. The second-order valence-electron chi connectivity index (χ2n) is 5.57. The molecule has 1 aromatic heterocycles. The minimum Gasteiger partial charge on any atom is -0.497 e. The van der Waals surface area contributed by atoms with Crippen LogP contribution in [0.2, 0.25) is 0 Å². The molecule has 1 heterocycles. The molecular formula is C15H19FN2O2. The van der Waals surface area contributed by atoms with Crippen molar-refractivity contribution >= 4 is 0 Å². The molecule has 108 valence electrons. The Morgan fingerprint density at radius 2 is 2.10 bits per heavy atom. The van der Waals surface area contributed by atoms with Gasteiger partial charge in [-0.15, -0.1) is 0 Å². The van der Waals surface area contributed by atoms with Gasteiger partial charge in [0.2, 0.25) is 5.89 Å². The monoisotopic (exact) mass is 278 g/mol. The number of rotatable bonds is 4. The number of aromatic nitrogens is 1. The van der Waals surface area contributed by atoms with Crippen molar-refractivity contribution in [1.82, 2.24) is 10.3 Å². The second-order valence-corrected chi connectivity index (χ2v) is 5.57. The predicted octanol–water partition coefficient (Wildman–Crippen LogP) is 3.38. The molecule has 0 fully saturated rings. The smallest absolute Gasteiger partial charge is 0.208 e. The van der Waals surface area contributed by atoms with E-state index in [2.05, 4.69) is 31.1 Å². The van der Waals surface area contributed by atoms with Crippen LogP contribution in [-0.4, -0.2) is 17.6 Å². The van der Waals surface area contributed by atoms with Gasteiger partial charge in [0, 0.05) is 11.6 Å². The van der Waals surface area contributed by atoms with Crippen molar-refractivity contribution in [2.24, 2.45) is 0 Å². The molecule has 0 saturated heterocycles. The van der Waals surface area contributed by atoms with Crippen LogP contribution in [-0.2, 0) is 6.54 Å². The molecule has 0 bridgehead atoms. The Balaban J connectivity index is 2.16. The maximum Gasteiger partial charge on any atom is 0.208 e. The van der Waals surface area contributed by atoms with Gasteiger partial charge in [-0.1, -0.05) is 0 Å². The number of oxazole rings is 1. The van der Waals surface area contributed by atoms with Gasteiger partial charge in [0.25, 0.3) is 0 Å². The van der Waals surface area contributed by atoms with Crippen LogP contribution in [0.1, 0.15) is 26.7 Å². The lowest BCUT2D eigenvalue weighted by Gasteiger charge is -2.18. The number of hydrogen-bond donors (Lipinski definition) is 1. The minimum absolute atomic E-state index is 0.0278. The minimum atomic E-state index is -0.393. The largest absolute Gasteiger partial charge is 0.497 e. The maximum absolute atomic E-state index is 13.9. The van der Waals surface area contributed by atoms with E-state index in [-0.39, 0.29) is 5.54 Å². The van der Waals surface area contributed by atoms with Crippen LogP contribution in [0.4, 0.5) is 4.39 Å². The zero-order valence-corrected chi connectivity index (χ0v) is 12.2. The molecule has 0 spiro atoms. The fourth-order valence-corrected chi connectivity index (χ4v) is 1.68. The van der Waals surface area contributed by atoms with Gasteiger partial charge in [0.15, 0.2) is 5.76 Å². The number of halogens is 1. The Bertz CT molecular complexity index is 588. The third-order valence-corrected chi connectivity index (χ3v) is 2.77. The van der Waals surface area contributed by atoms with Crippen LogP contribution in [0, 0.1) is 5.82 Å². The van der Waals surface area contributed by atoms with Crippen LogP contribution >= 0.6 is 0 Å². The van der Waals surface area contributed by atoms with Crippen molar-refractivity contribution in [3.8, 4) is 17.1 Å². The summed E-state index contributed by atoms with van der Waals surface area (Å²) >= 11 is 0.